The molecule has 0 saturated carbocycles. The number of aryl methyl sites for hydroxylation is 1. The summed E-state index contributed by atoms with van der Waals surface area (Å²) in [6.45, 7) is 3.71. The zero-order valence-electron chi connectivity index (χ0n) is 18.4. The predicted octanol–water partition coefficient (Wildman–Crippen LogP) is 4.35. The van der Waals surface area contributed by atoms with E-state index in [0.29, 0.717) is 11.4 Å². The van der Waals surface area contributed by atoms with Crippen LogP contribution < -0.4 is 21.3 Å². The Morgan fingerprint density at radius 3 is 2.91 bits per heavy atom. The van der Waals surface area contributed by atoms with Gasteiger partial charge in [-0.2, -0.15) is 0 Å². The summed E-state index contributed by atoms with van der Waals surface area (Å²) in [6, 6.07) is 14.2. The maximum atomic E-state index is 13.2. The summed E-state index contributed by atoms with van der Waals surface area (Å²) in [5, 5.41) is 7.81. The molecule has 4 aromatic rings. The van der Waals surface area contributed by atoms with Crippen LogP contribution in [0.15, 0.2) is 54.0 Å². The van der Waals surface area contributed by atoms with Gasteiger partial charge in [0.15, 0.2) is 0 Å². The summed E-state index contributed by atoms with van der Waals surface area (Å²) in [5.41, 5.74) is 11.4. The lowest BCUT2D eigenvalue weighted by Crippen LogP contribution is -2.43. The Kier molecular flexibility index (Phi) is 6.11. The Morgan fingerprint density at radius 2 is 2.09 bits per heavy atom. The van der Waals surface area contributed by atoms with Gasteiger partial charge in [-0.15, -0.1) is 20.6 Å². The molecule has 1 fully saturated rings. The number of thiazole rings is 1. The van der Waals surface area contributed by atoms with Crippen molar-refractivity contribution in [3.63, 3.8) is 0 Å². The summed E-state index contributed by atoms with van der Waals surface area (Å²) in [5.74, 6) is -0.240. The standard InChI is InChI=1S/C25H26N5OPS/c1-15-6-4-10-21(32)22(15)25-29-20(14-33-25)24(31)28-19-12-27-18-9-3-2-8-17(18)23(19)30-11-5-7-16(26)13-30/h2-4,6,8-10,12,14,16H,5,7,11,13,26,32H2,1H3,(H,28,31). The minimum Gasteiger partial charge on any atom is -0.368 e. The van der Waals surface area contributed by atoms with Gasteiger partial charge in [-0.05, 0) is 36.7 Å². The maximum Gasteiger partial charge on any atom is 0.275 e. The maximum absolute atomic E-state index is 13.2. The Morgan fingerprint density at radius 1 is 1.24 bits per heavy atom. The predicted molar refractivity (Wildman–Crippen MR) is 141 cm³/mol. The van der Waals surface area contributed by atoms with E-state index < -0.39 is 0 Å². The monoisotopic (exact) mass is 475 g/mol. The molecule has 0 aliphatic carbocycles. The van der Waals surface area contributed by atoms with Gasteiger partial charge in [0.1, 0.15) is 10.7 Å². The number of amides is 1. The van der Waals surface area contributed by atoms with Crippen LogP contribution in [0.25, 0.3) is 21.5 Å². The molecule has 1 aliphatic rings. The molecule has 3 N–H and O–H groups in total. The van der Waals surface area contributed by atoms with Crippen molar-refractivity contribution in [2.45, 2.75) is 25.8 Å². The van der Waals surface area contributed by atoms with Crippen LogP contribution in [-0.4, -0.2) is 35.0 Å². The van der Waals surface area contributed by atoms with Crippen LogP contribution in [0.1, 0.15) is 28.9 Å². The average Bonchev–Trinajstić information content (AvgIpc) is 3.29. The molecule has 3 heterocycles. The molecule has 2 aromatic carbocycles. The van der Waals surface area contributed by atoms with E-state index in [1.54, 1.807) is 6.20 Å². The van der Waals surface area contributed by atoms with Crippen LogP contribution in [0.4, 0.5) is 11.4 Å². The van der Waals surface area contributed by atoms with E-state index in [1.165, 1.54) is 11.3 Å². The van der Waals surface area contributed by atoms with Crippen molar-refractivity contribution in [2.24, 2.45) is 5.73 Å². The zero-order valence-corrected chi connectivity index (χ0v) is 20.4. The highest BCUT2D eigenvalue weighted by molar-refractivity contribution is 7.28. The summed E-state index contributed by atoms with van der Waals surface area (Å²) in [4.78, 5) is 24.7. The lowest BCUT2D eigenvalue weighted by molar-refractivity contribution is 0.102. The number of fused-ring (bicyclic) bond motifs is 1. The molecule has 2 atom stereocenters. The van der Waals surface area contributed by atoms with Crippen molar-refractivity contribution in [1.29, 1.82) is 0 Å². The summed E-state index contributed by atoms with van der Waals surface area (Å²) in [6.07, 6.45) is 3.78. The number of hydrogen-bond acceptors (Lipinski definition) is 6. The highest BCUT2D eigenvalue weighted by Crippen LogP contribution is 2.35. The Hall–Kier alpha value is -2.86. The first kappa shape index (κ1) is 22.0. The Bertz CT molecular complexity index is 1320. The number of nitrogens with two attached hydrogens (primary N) is 1. The third-order valence-electron chi connectivity index (χ3n) is 6.03. The number of carbonyl (C=O) groups is 1. The van der Waals surface area contributed by atoms with Gasteiger partial charge < -0.3 is 16.0 Å². The molecule has 8 heteroatoms. The fourth-order valence-electron chi connectivity index (χ4n) is 4.43. The third kappa shape index (κ3) is 4.36. The molecule has 5 rings (SSSR count). The number of nitrogens with zero attached hydrogens (tertiary/aromatic N) is 3. The van der Waals surface area contributed by atoms with Crippen molar-refractivity contribution in [2.75, 3.05) is 23.3 Å². The van der Waals surface area contributed by atoms with Gasteiger partial charge in [-0.3, -0.25) is 9.78 Å². The molecule has 33 heavy (non-hydrogen) atoms. The Balaban J connectivity index is 1.49. The van der Waals surface area contributed by atoms with Crippen LogP contribution in [-0.2, 0) is 0 Å². The second kappa shape index (κ2) is 9.18. The minimum absolute atomic E-state index is 0.116. The number of aromatic nitrogens is 2. The molecular weight excluding hydrogens is 449 g/mol. The van der Waals surface area contributed by atoms with Gasteiger partial charge in [-0.1, -0.05) is 36.4 Å². The van der Waals surface area contributed by atoms with E-state index in [9.17, 15) is 4.79 Å². The highest BCUT2D eigenvalue weighted by Gasteiger charge is 2.23. The van der Waals surface area contributed by atoms with Gasteiger partial charge in [0.25, 0.3) is 5.91 Å². The van der Waals surface area contributed by atoms with Crippen LogP contribution in [0.2, 0.25) is 0 Å². The molecule has 2 aromatic heterocycles. The first-order chi connectivity index (χ1) is 16.0. The van der Waals surface area contributed by atoms with Gasteiger partial charge in [0, 0.05) is 35.5 Å². The smallest absolute Gasteiger partial charge is 0.275 e. The van der Waals surface area contributed by atoms with Crippen LogP contribution >= 0.6 is 20.6 Å². The van der Waals surface area contributed by atoms with E-state index in [1.807, 2.05) is 41.8 Å². The summed E-state index contributed by atoms with van der Waals surface area (Å²) >= 11 is 1.48. The second-order valence-corrected chi connectivity index (χ2v) is 9.90. The zero-order chi connectivity index (χ0) is 22.9. The van der Waals surface area contributed by atoms with Crippen LogP contribution in [0, 0.1) is 6.92 Å². The SMILES string of the molecule is Cc1cccc(P)c1-c1nc(C(=O)Nc2cnc3ccccc3c2N2CCCC(N)C2)cs1. The fraction of sp³-hybridized carbons (Fsp3) is 0.240. The normalized spacial score (nSPS) is 16.2. The van der Waals surface area contributed by atoms with Crippen molar-refractivity contribution in [3.05, 3.63) is 65.3 Å². The van der Waals surface area contributed by atoms with Gasteiger partial charge in [-0.25, -0.2) is 4.98 Å². The van der Waals surface area contributed by atoms with Crippen molar-refractivity contribution >= 4 is 54.1 Å². The van der Waals surface area contributed by atoms with E-state index >= 15 is 0 Å². The molecule has 0 radical (unpaired) electrons. The number of piperidine rings is 1. The third-order valence-corrected chi connectivity index (χ3v) is 7.37. The second-order valence-electron chi connectivity index (χ2n) is 8.42. The number of carbonyl (C=O) groups excluding carboxylic acids is 1. The largest absolute Gasteiger partial charge is 0.368 e. The van der Waals surface area contributed by atoms with E-state index in [4.69, 9.17) is 5.73 Å². The molecule has 0 bridgehead atoms. The number of anilines is 2. The molecule has 1 amide bonds. The van der Waals surface area contributed by atoms with Gasteiger partial charge in [0.05, 0.1) is 23.1 Å². The number of hydrogen-bond donors (Lipinski definition) is 2. The van der Waals surface area contributed by atoms with Crippen molar-refractivity contribution in [1.82, 2.24) is 9.97 Å². The van der Waals surface area contributed by atoms with Gasteiger partial charge in [0.2, 0.25) is 0 Å². The van der Waals surface area contributed by atoms with Crippen LogP contribution in [0.3, 0.4) is 0 Å². The van der Waals surface area contributed by atoms with E-state index in [0.717, 1.165) is 64.0 Å². The Labute approximate surface area is 199 Å². The van der Waals surface area contributed by atoms with Crippen LogP contribution in [0.5, 0.6) is 0 Å². The van der Waals surface area contributed by atoms with E-state index in [2.05, 4.69) is 42.4 Å². The molecule has 168 valence electrons. The average molecular weight is 476 g/mol. The molecule has 6 nitrogen and oxygen atoms in total. The molecule has 1 saturated heterocycles. The summed E-state index contributed by atoms with van der Waals surface area (Å²) in [7, 11) is 2.75. The number of para-hydroxylation sites is 1. The first-order valence-corrected chi connectivity index (χ1v) is 12.5. The lowest BCUT2D eigenvalue weighted by atomic mass is 10.0. The lowest BCUT2D eigenvalue weighted by Gasteiger charge is -2.34. The van der Waals surface area contributed by atoms with Gasteiger partial charge >= 0.3 is 0 Å². The minimum atomic E-state index is -0.240. The molecule has 0 spiro atoms. The number of nitrogens with one attached hydrogen (secondary N) is 1. The topological polar surface area (TPSA) is 84.1 Å². The number of benzene rings is 2. The number of pyridine rings is 1. The fourth-order valence-corrected chi connectivity index (χ4v) is 5.94. The molecule has 1 aliphatic heterocycles. The summed E-state index contributed by atoms with van der Waals surface area (Å²) < 4.78 is 0. The van der Waals surface area contributed by atoms with E-state index in [-0.39, 0.29) is 11.9 Å². The molecule has 2 unspecified atom stereocenters. The number of rotatable bonds is 4. The quantitative estimate of drug-likeness (QED) is 0.429. The first-order valence-electron chi connectivity index (χ1n) is 11.0. The van der Waals surface area contributed by atoms with Crippen molar-refractivity contribution < 1.29 is 4.79 Å². The highest BCUT2D eigenvalue weighted by atomic mass is 32.1. The van der Waals surface area contributed by atoms with Crippen molar-refractivity contribution in [3.8, 4) is 10.6 Å². The molecular formula is C25H26N5OPS.